The summed E-state index contributed by atoms with van der Waals surface area (Å²) in [5, 5.41) is 19.6. The topological polar surface area (TPSA) is 98.3 Å². The Morgan fingerprint density at radius 3 is 2.60 bits per heavy atom. The lowest BCUT2D eigenvalue weighted by Crippen LogP contribution is -1.95. The number of aromatic nitrogens is 1. The lowest BCUT2D eigenvalue weighted by molar-refractivity contribution is -0.385. The van der Waals surface area contributed by atoms with E-state index in [9.17, 15) is 10.1 Å². The van der Waals surface area contributed by atoms with Gasteiger partial charge in [0.05, 0.1) is 24.3 Å². The predicted molar refractivity (Wildman–Crippen MR) is 68.7 cm³/mol. The number of pyridine rings is 1. The van der Waals surface area contributed by atoms with Crippen LogP contribution in [0.4, 0.5) is 5.69 Å². The molecule has 7 heteroatoms. The molecule has 0 N–H and O–H groups in total. The highest BCUT2D eigenvalue weighted by Crippen LogP contribution is 2.34. The largest absolute Gasteiger partial charge is 0.496 e. The Hall–Kier alpha value is -3.14. The van der Waals surface area contributed by atoms with Gasteiger partial charge in [0.15, 0.2) is 0 Å². The fourth-order valence-electron chi connectivity index (χ4n) is 1.49. The minimum Gasteiger partial charge on any atom is -0.496 e. The average molecular weight is 271 g/mol. The highest BCUT2D eigenvalue weighted by Gasteiger charge is 2.17. The van der Waals surface area contributed by atoms with Crippen molar-refractivity contribution in [3.63, 3.8) is 0 Å². The summed E-state index contributed by atoms with van der Waals surface area (Å²) < 4.78 is 10.3. The van der Waals surface area contributed by atoms with Crippen LogP contribution in [0.2, 0.25) is 0 Å². The van der Waals surface area contributed by atoms with E-state index in [1.807, 2.05) is 6.07 Å². The standard InChI is InChI=1S/C13H9N3O4/c1-19-10-4-5-13(12(6-10)16(17)18)20-11-3-2-9(7-14)15-8-11/h2-6,8H,1H3. The van der Waals surface area contributed by atoms with Gasteiger partial charge in [0, 0.05) is 0 Å². The smallest absolute Gasteiger partial charge is 0.315 e. The molecule has 100 valence electrons. The van der Waals surface area contributed by atoms with E-state index >= 15 is 0 Å². The maximum Gasteiger partial charge on any atom is 0.315 e. The zero-order valence-corrected chi connectivity index (χ0v) is 10.4. The predicted octanol–water partition coefficient (Wildman–Crippen LogP) is 2.66. The first-order chi connectivity index (χ1) is 9.63. The van der Waals surface area contributed by atoms with Gasteiger partial charge in [0.25, 0.3) is 0 Å². The van der Waals surface area contributed by atoms with E-state index < -0.39 is 4.92 Å². The Bertz CT molecular complexity index is 677. The summed E-state index contributed by atoms with van der Waals surface area (Å²) >= 11 is 0. The second-order valence-electron chi connectivity index (χ2n) is 3.68. The molecule has 0 saturated heterocycles. The molecular formula is C13H9N3O4. The molecule has 0 saturated carbocycles. The van der Waals surface area contributed by atoms with Crippen molar-refractivity contribution in [3.05, 3.63) is 52.3 Å². The second-order valence-corrected chi connectivity index (χ2v) is 3.68. The molecule has 1 aromatic heterocycles. The van der Waals surface area contributed by atoms with Crippen LogP contribution < -0.4 is 9.47 Å². The highest BCUT2D eigenvalue weighted by atomic mass is 16.6. The van der Waals surface area contributed by atoms with Crippen molar-refractivity contribution in [2.24, 2.45) is 0 Å². The lowest BCUT2D eigenvalue weighted by atomic mass is 10.2. The summed E-state index contributed by atoms with van der Waals surface area (Å²) in [4.78, 5) is 14.3. The van der Waals surface area contributed by atoms with Crippen molar-refractivity contribution >= 4 is 5.69 Å². The number of hydrogen-bond donors (Lipinski definition) is 0. The zero-order chi connectivity index (χ0) is 14.5. The number of ether oxygens (including phenoxy) is 2. The fraction of sp³-hybridized carbons (Fsp3) is 0.0769. The van der Waals surface area contributed by atoms with E-state index in [0.717, 1.165) is 0 Å². The molecule has 1 heterocycles. The molecule has 20 heavy (non-hydrogen) atoms. The number of methoxy groups -OCH3 is 1. The summed E-state index contributed by atoms with van der Waals surface area (Å²) in [6.07, 6.45) is 1.33. The molecule has 0 atom stereocenters. The van der Waals surface area contributed by atoms with Crippen molar-refractivity contribution in [1.82, 2.24) is 4.98 Å². The molecule has 0 aliphatic carbocycles. The number of nitrogens with zero attached hydrogens (tertiary/aromatic N) is 3. The monoisotopic (exact) mass is 271 g/mol. The van der Waals surface area contributed by atoms with Crippen molar-refractivity contribution in [2.45, 2.75) is 0 Å². The first kappa shape index (κ1) is 13.3. The Morgan fingerprint density at radius 2 is 2.05 bits per heavy atom. The van der Waals surface area contributed by atoms with E-state index in [1.165, 1.54) is 37.6 Å². The van der Waals surface area contributed by atoms with Crippen LogP contribution in [0.25, 0.3) is 0 Å². The molecule has 0 radical (unpaired) electrons. The molecule has 0 amide bonds. The first-order valence-electron chi connectivity index (χ1n) is 5.50. The third-order valence-corrected chi connectivity index (χ3v) is 2.44. The summed E-state index contributed by atoms with van der Waals surface area (Å²) in [7, 11) is 1.42. The third-order valence-electron chi connectivity index (χ3n) is 2.44. The van der Waals surface area contributed by atoms with Crippen LogP contribution in [0.5, 0.6) is 17.2 Å². The van der Waals surface area contributed by atoms with E-state index in [0.29, 0.717) is 11.5 Å². The molecule has 0 bridgehead atoms. The van der Waals surface area contributed by atoms with Crippen LogP contribution in [0, 0.1) is 21.4 Å². The number of nitriles is 1. The molecule has 2 aromatic rings. The Kier molecular flexibility index (Phi) is 3.77. The molecule has 0 fully saturated rings. The maximum absolute atomic E-state index is 11.0. The molecule has 0 aliphatic heterocycles. The molecule has 0 unspecified atom stereocenters. The highest BCUT2D eigenvalue weighted by molar-refractivity contribution is 5.52. The van der Waals surface area contributed by atoms with E-state index in [-0.39, 0.29) is 17.1 Å². The van der Waals surface area contributed by atoms with Crippen molar-refractivity contribution < 1.29 is 14.4 Å². The van der Waals surface area contributed by atoms with Crippen molar-refractivity contribution in [1.29, 1.82) is 5.26 Å². The summed E-state index contributed by atoms with van der Waals surface area (Å²) in [5.41, 5.74) is 0.0234. The van der Waals surface area contributed by atoms with Crippen LogP contribution in [-0.2, 0) is 0 Å². The normalized spacial score (nSPS) is 9.60. The first-order valence-corrected chi connectivity index (χ1v) is 5.50. The SMILES string of the molecule is COc1ccc(Oc2ccc(C#N)nc2)c([N+](=O)[O-])c1. The molecule has 2 rings (SSSR count). The van der Waals surface area contributed by atoms with Gasteiger partial charge in [-0.05, 0) is 24.3 Å². The van der Waals surface area contributed by atoms with Gasteiger partial charge in [0.2, 0.25) is 5.75 Å². The van der Waals surface area contributed by atoms with Crippen LogP contribution in [0.3, 0.4) is 0 Å². The minimum atomic E-state index is -0.561. The van der Waals surface area contributed by atoms with E-state index in [1.54, 1.807) is 6.07 Å². The summed E-state index contributed by atoms with van der Waals surface area (Å²) in [6, 6.07) is 9.11. The number of benzene rings is 1. The van der Waals surface area contributed by atoms with Crippen LogP contribution in [-0.4, -0.2) is 17.0 Å². The molecule has 0 spiro atoms. The lowest BCUT2D eigenvalue weighted by Gasteiger charge is -2.07. The van der Waals surface area contributed by atoms with Crippen LogP contribution in [0.15, 0.2) is 36.5 Å². The van der Waals surface area contributed by atoms with Crippen molar-refractivity contribution in [2.75, 3.05) is 7.11 Å². The van der Waals surface area contributed by atoms with Gasteiger partial charge in [-0.25, -0.2) is 4.98 Å². The Labute approximate surface area is 114 Å². The van der Waals surface area contributed by atoms with Crippen molar-refractivity contribution in [3.8, 4) is 23.3 Å². The fourth-order valence-corrected chi connectivity index (χ4v) is 1.49. The zero-order valence-electron chi connectivity index (χ0n) is 10.4. The summed E-state index contributed by atoms with van der Waals surface area (Å²) in [5.74, 6) is 0.738. The van der Waals surface area contributed by atoms with Crippen LogP contribution >= 0.6 is 0 Å². The molecule has 7 nitrogen and oxygen atoms in total. The molecule has 1 aromatic carbocycles. The quantitative estimate of drug-likeness (QED) is 0.626. The van der Waals surface area contributed by atoms with Gasteiger partial charge >= 0.3 is 5.69 Å². The summed E-state index contributed by atoms with van der Waals surface area (Å²) in [6.45, 7) is 0. The second kappa shape index (κ2) is 5.67. The number of hydrogen-bond acceptors (Lipinski definition) is 6. The van der Waals surface area contributed by atoms with Crippen LogP contribution in [0.1, 0.15) is 5.69 Å². The molecule has 0 aliphatic rings. The van der Waals surface area contributed by atoms with Gasteiger partial charge in [-0.3, -0.25) is 10.1 Å². The average Bonchev–Trinajstić information content (AvgIpc) is 2.48. The minimum absolute atomic E-state index is 0.0716. The number of rotatable bonds is 4. The van der Waals surface area contributed by atoms with Gasteiger partial charge < -0.3 is 9.47 Å². The number of nitro benzene ring substituents is 1. The third kappa shape index (κ3) is 2.81. The number of nitro groups is 1. The maximum atomic E-state index is 11.0. The van der Waals surface area contributed by atoms with Gasteiger partial charge in [-0.15, -0.1) is 0 Å². The van der Waals surface area contributed by atoms with Gasteiger partial charge in [0.1, 0.15) is 23.3 Å². The Morgan fingerprint density at radius 1 is 1.30 bits per heavy atom. The van der Waals surface area contributed by atoms with Gasteiger partial charge in [-0.1, -0.05) is 0 Å². The van der Waals surface area contributed by atoms with Gasteiger partial charge in [-0.2, -0.15) is 5.26 Å². The molecular weight excluding hydrogens is 262 g/mol. The van der Waals surface area contributed by atoms with E-state index in [4.69, 9.17) is 14.7 Å². The Balaban J connectivity index is 2.32. The van der Waals surface area contributed by atoms with E-state index in [2.05, 4.69) is 4.98 Å².